The molecule has 0 aliphatic carbocycles. The number of hydrogen-bond donors (Lipinski definition) is 2. The molecule has 4 nitrogen and oxygen atoms in total. The molecule has 1 aromatic carbocycles. The number of nitrogens with two attached hydrogens (primary N) is 1. The first kappa shape index (κ1) is 17.3. The minimum absolute atomic E-state index is 0.184. The highest BCUT2D eigenvalue weighted by atomic mass is 19.1. The van der Waals surface area contributed by atoms with Gasteiger partial charge in [-0.1, -0.05) is 37.6 Å². The topological polar surface area (TPSA) is 61.8 Å². The fourth-order valence-corrected chi connectivity index (χ4v) is 2.29. The summed E-state index contributed by atoms with van der Waals surface area (Å²) < 4.78 is 13.8. The number of amidine groups is 1. The zero-order valence-electron chi connectivity index (χ0n) is 13.1. The molecular formula is C16H26FN3O. The van der Waals surface area contributed by atoms with Crippen molar-refractivity contribution in [3.8, 4) is 0 Å². The Kier molecular flexibility index (Phi) is 6.46. The van der Waals surface area contributed by atoms with E-state index in [1.807, 2.05) is 31.7 Å². The van der Waals surface area contributed by atoms with Crippen LogP contribution in [-0.2, 0) is 0 Å². The lowest BCUT2D eigenvalue weighted by atomic mass is 9.86. The standard InChI is InChI=1S/C16H26FN3O/c1-4-20(14-10-6-5-9-13(14)17)12-8-7-11-16(2,3)15(18)19-21/h5-6,9-10,21H,4,7-8,11-12H2,1-3H3,(H2,18,19). The van der Waals surface area contributed by atoms with Crippen LogP contribution in [0.2, 0.25) is 0 Å². The van der Waals surface area contributed by atoms with Crippen LogP contribution in [0.25, 0.3) is 0 Å². The average Bonchev–Trinajstić information content (AvgIpc) is 2.47. The highest BCUT2D eigenvalue weighted by Gasteiger charge is 2.22. The summed E-state index contributed by atoms with van der Waals surface area (Å²) in [6, 6.07) is 6.84. The average molecular weight is 295 g/mol. The van der Waals surface area contributed by atoms with Crippen LogP contribution in [0.5, 0.6) is 0 Å². The lowest BCUT2D eigenvalue weighted by molar-refractivity contribution is 0.304. The van der Waals surface area contributed by atoms with Crippen molar-refractivity contribution in [3.63, 3.8) is 0 Å². The summed E-state index contributed by atoms with van der Waals surface area (Å²) in [6.45, 7) is 7.49. The van der Waals surface area contributed by atoms with Crippen LogP contribution in [0, 0.1) is 11.2 Å². The second-order valence-corrected chi connectivity index (χ2v) is 5.86. The highest BCUT2D eigenvalue weighted by Crippen LogP contribution is 2.24. The van der Waals surface area contributed by atoms with Crippen LogP contribution in [0.15, 0.2) is 29.4 Å². The molecule has 0 aliphatic rings. The van der Waals surface area contributed by atoms with Crippen molar-refractivity contribution in [2.45, 2.75) is 40.0 Å². The summed E-state index contributed by atoms with van der Waals surface area (Å²) in [5, 5.41) is 11.8. The van der Waals surface area contributed by atoms with E-state index in [9.17, 15) is 4.39 Å². The summed E-state index contributed by atoms with van der Waals surface area (Å²) in [6.07, 6.45) is 2.70. The number of anilines is 1. The van der Waals surface area contributed by atoms with Gasteiger partial charge in [0, 0.05) is 18.5 Å². The molecule has 0 atom stereocenters. The largest absolute Gasteiger partial charge is 0.409 e. The van der Waals surface area contributed by atoms with Crippen molar-refractivity contribution in [2.24, 2.45) is 16.3 Å². The Bertz CT molecular complexity index is 474. The van der Waals surface area contributed by atoms with Gasteiger partial charge in [-0.15, -0.1) is 0 Å². The maximum Gasteiger partial charge on any atom is 0.146 e. The number of hydrogen-bond acceptors (Lipinski definition) is 3. The number of halogens is 1. The zero-order valence-corrected chi connectivity index (χ0v) is 13.1. The van der Waals surface area contributed by atoms with Crippen LogP contribution in [0.4, 0.5) is 10.1 Å². The third-order valence-corrected chi connectivity index (χ3v) is 3.86. The van der Waals surface area contributed by atoms with Crippen LogP contribution in [0.1, 0.15) is 40.0 Å². The molecule has 21 heavy (non-hydrogen) atoms. The second kappa shape index (κ2) is 7.86. The SMILES string of the molecule is CCN(CCCCC(C)(C)/C(N)=N/O)c1ccccc1F. The first-order valence-corrected chi connectivity index (χ1v) is 7.40. The van der Waals surface area contributed by atoms with E-state index in [1.165, 1.54) is 6.07 Å². The molecule has 0 aliphatic heterocycles. The summed E-state index contributed by atoms with van der Waals surface area (Å²) in [5.41, 5.74) is 6.00. The van der Waals surface area contributed by atoms with Gasteiger partial charge in [-0.3, -0.25) is 0 Å². The van der Waals surface area contributed by atoms with E-state index < -0.39 is 0 Å². The van der Waals surface area contributed by atoms with Gasteiger partial charge >= 0.3 is 0 Å². The molecule has 0 fully saturated rings. The Balaban J connectivity index is 2.49. The predicted octanol–water partition coefficient (Wildman–Crippen LogP) is 3.59. The molecule has 5 heteroatoms. The van der Waals surface area contributed by atoms with Crippen LogP contribution >= 0.6 is 0 Å². The third-order valence-electron chi connectivity index (χ3n) is 3.86. The number of rotatable bonds is 8. The van der Waals surface area contributed by atoms with Gasteiger partial charge in [0.1, 0.15) is 11.7 Å². The van der Waals surface area contributed by atoms with Crippen LogP contribution in [-0.4, -0.2) is 24.1 Å². The highest BCUT2D eigenvalue weighted by molar-refractivity contribution is 5.85. The first-order valence-electron chi connectivity index (χ1n) is 7.40. The van der Waals surface area contributed by atoms with E-state index in [0.29, 0.717) is 5.69 Å². The minimum Gasteiger partial charge on any atom is -0.409 e. The number of nitrogens with zero attached hydrogens (tertiary/aromatic N) is 2. The summed E-state index contributed by atoms with van der Waals surface area (Å²) in [5.74, 6) is 0.0697. The quantitative estimate of drug-likeness (QED) is 0.253. The maximum absolute atomic E-state index is 13.8. The van der Waals surface area contributed by atoms with E-state index >= 15 is 0 Å². The Morgan fingerprint density at radius 1 is 1.33 bits per heavy atom. The fraction of sp³-hybridized carbons (Fsp3) is 0.562. The van der Waals surface area contributed by atoms with Gasteiger partial charge in [0.05, 0.1) is 5.69 Å². The molecule has 0 amide bonds. The number of oxime groups is 1. The van der Waals surface area contributed by atoms with Gasteiger partial charge in [0.25, 0.3) is 0 Å². The molecule has 0 heterocycles. The second-order valence-electron chi connectivity index (χ2n) is 5.86. The summed E-state index contributed by atoms with van der Waals surface area (Å²) in [4.78, 5) is 2.03. The Morgan fingerprint density at radius 2 is 2.00 bits per heavy atom. The minimum atomic E-state index is -0.316. The predicted molar refractivity (Wildman–Crippen MR) is 85.3 cm³/mol. The molecule has 0 radical (unpaired) electrons. The third kappa shape index (κ3) is 4.92. The lowest BCUT2D eigenvalue weighted by Gasteiger charge is -2.26. The molecule has 3 N–H and O–H groups in total. The van der Waals surface area contributed by atoms with E-state index in [2.05, 4.69) is 5.16 Å². The molecule has 0 bridgehead atoms. The smallest absolute Gasteiger partial charge is 0.146 e. The zero-order chi connectivity index (χ0) is 15.9. The molecule has 0 unspecified atom stereocenters. The number of para-hydroxylation sites is 1. The lowest BCUT2D eigenvalue weighted by Crippen LogP contribution is -2.32. The van der Waals surface area contributed by atoms with Gasteiger partial charge < -0.3 is 15.8 Å². The van der Waals surface area contributed by atoms with Gasteiger partial charge in [-0.2, -0.15) is 0 Å². The van der Waals surface area contributed by atoms with Crippen molar-refractivity contribution >= 4 is 11.5 Å². The van der Waals surface area contributed by atoms with E-state index in [1.54, 1.807) is 12.1 Å². The van der Waals surface area contributed by atoms with Crippen molar-refractivity contribution in [2.75, 3.05) is 18.0 Å². The molecule has 0 saturated carbocycles. The Labute approximate surface area is 126 Å². The van der Waals surface area contributed by atoms with Gasteiger partial charge in [-0.05, 0) is 31.9 Å². The Hall–Kier alpha value is -1.78. The summed E-state index contributed by atoms with van der Waals surface area (Å²) in [7, 11) is 0. The molecule has 1 rings (SSSR count). The first-order chi connectivity index (χ1) is 9.92. The van der Waals surface area contributed by atoms with E-state index in [4.69, 9.17) is 10.9 Å². The molecule has 1 aromatic rings. The number of unbranched alkanes of at least 4 members (excludes halogenated alkanes) is 1. The summed E-state index contributed by atoms with van der Waals surface area (Å²) >= 11 is 0. The number of benzene rings is 1. The molecular weight excluding hydrogens is 269 g/mol. The fourth-order valence-electron chi connectivity index (χ4n) is 2.29. The van der Waals surface area contributed by atoms with Gasteiger partial charge in [0.15, 0.2) is 0 Å². The molecule has 0 spiro atoms. The van der Waals surface area contributed by atoms with Crippen molar-refractivity contribution in [1.82, 2.24) is 0 Å². The Morgan fingerprint density at radius 3 is 2.57 bits per heavy atom. The van der Waals surface area contributed by atoms with Crippen LogP contribution < -0.4 is 10.6 Å². The van der Waals surface area contributed by atoms with Gasteiger partial charge in [-0.25, -0.2) is 4.39 Å². The maximum atomic E-state index is 13.8. The molecule has 0 aromatic heterocycles. The van der Waals surface area contributed by atoms with E-state index in [0.717, 1.165) is 32.4 Å². The van der Waals surface area contributed by atoms with Crippen LogP contribution in [0.3, 0.4) is 0 Å². The van der Waals surface area contributed by atoms with Crippen molar-refractivity contribution in [3.05, 3.63) is 30.1 Å². The van der Waals surface area contributed by atoms with Crippen molar-refractivity contribution < 1.29 is 9.60 Å². The van der Waals surface area contributed by atoms with Gasteiger partial charge in [0.2, 0.25) is 0 Å². The monoisotopic (exact) mass is 295 g/mol. The van der Waals surface area contributed by atoms with E-state index in [-0.39, 0.29) is 17.1 Å². The molecule has 118 valence electrons. The normalized spacial score (nSPS) is 12.5. The molecule has 0 saturated heterocycles. The van der Waals surface area contributed by atoms with Crippen molar-refractivity contribution in [1.29, 1.82) is 0 Å².